The average molecular weight is 347 g/mol. The van der Waals surface area contributed by atoms with Gasteiger partial charge in [-0.25, -0.2) is 13.8 Å². The molecule has 0 bridgehead atoms. The summed E-state index contributed by atoms with van der Waals surface area (Å²) in [4.78, 5) is 16.5. The van der Waals surface area contributed by atoms with Crippen LogP contribution in [0.4, 0.5) is 14.5 Å². The van der Waals surface area contributed by atoms with Gasteiger partial charge in [-0.05, 0) is 35.8 Å². The Balaban J connectivity index is 2.29. The van der Waals surface area contributed by atoms with E-state index in [1.165, 1.54) is 11.3 Å². The molecule has 1 amide bonds. The maximum atomic E-state index is 13.6. The van der Waals surface area contributed by atoms with Crippen molar-refractivity contribution in [2.45, 2.75) is 13.8 Å². The number of nitrogens with zero attached hydrogens (tertiary/aromatic N) is 1. The van der Waals surface area contributed by atoms with E-state index in [0.29, 0.717) is 10.6 Å². The van der Waals surface area contributed by atoms with Gasteiger partial charge in [0.2, 0.25) is 0 Å². The lowest BCUT2D eigenvalue weighted by atomic mass is 10.3. The fraction of sp³-hybridized carbons (Fsp3) is 0.167. The largest absolute Gasteiger partial charge is 0.319 e. The first kappa shape index (κ1) is 14.1. The van der Waals surface area contributed by atoms with Gasteiger partial charge in [0.05, 0.1) is 20.9 Å². The summed E-state index contributed by atoms with van der Waals surface area (Å²) >= 11 is 4.08. The minimum atomic E-state index is -0.708. The number of aromatic nitrogens is 1. The van der Waals surface area contributed by atoms with E-state index >= 15 is 0 Å². The summed E-state index contributed by atoms with van der Waals surface area (Å²) in [5, 5.41) is 3.09. The number of nitrogens with one attached hydrogen (secondary N) is 1. The van der Waals surface area contributed by atoms with Crippen LogP contribution in [-0.2, 0) is 0 Å². The third kappa shape index (κ3) is 2.98. The molecule has 0 aliphatic rings. The number of carbonyl (C=O) groups excluding carboxylic acids is 1. The van der Waals surface area contributed by atoms with Gasteiger partial charge in [-0.2, -0.15) is 0 Å². The summed E-state index contributed by atoms with van der Waals surface area (Å²) in [6.07, 6.45) is 0. The first-order valence-corrected chi connectivity index (χ1v) is 6.89. The van der Waals surface area contributed by atoms with E-state index in [-0.39, 0.29) is 10.2 Å². The molecule has 3 nitrogen and oxygen atoms in total. The van der Waals surface area contributed by atoms with Crippen molar-refractivity contribution >= 4 is 38.9 Å². The number of benzene rings is 1. The quantitative estimate of drug-likeness (QED) is 0.833. The van der Waals surface area contributed by atoms with E-state index in [9.17, 15) is 13.6 Å². The first-order valence-electron chi connectivity index (χ1n) is 5.28. The minimum absolute atomic E-state index is 0.00724. The van der Waals surface area contributed by atoms with E-state index in [1.54, 1.807) is 13.8 Å². The highest BCUT2D eigenvalue weighted by atomic mass is 79.9. The van der Waals surface area contributed by atoms with E-state index < -0.39 is 17.5 Å². The number of thiazole rings is 1. The molecule has 0 saturated heterocycles. The molecule has 1 aromatic carbocycles. The second-order valence-electron chi connectivity index (χ2n) is 3.85. The van der Waals surface area contributed by atoms with Crippen molar-refractivity contribution in [1.82, 2.24) is 4.98 Å². The van der Waals surface area contributed by atoms with Crippen molar-refractivity contribution in [2.24, 2.45) is 0 Å². The second kappa shape index (κ2) is 5.34. The summed E-state index contributed by atoms with van der Waals surface area (Å²) in [6.45, 7) is 3.46. The summed E-state index contributed by atoms with van der Waals surface area (Å²) < 4.78 is 26.9. The number of anilines is 1. The zero-order valence-corrected chi connectivity index (χ0v) is 12.5. The van der Waals surface area contributed by atoms with Crippen LogP contribution in [0, 0.1) is 25.5 Å². The van der Waals surface area contributed by atoms with Gasteiger partial charge in [0.15, 0.2) is 0 Å². The fourth-order valence-electron chi connectivity index (χ4n) is 1.54. The van der Waals surface area contributed by atoms with Crippen LogP contribution in [-0.4, -0.2) is 10.9 Å². The van der Waals surface area contributed by atoms with Crippen LogP contribution in [0.5, 0.6) is 0 Å². The predicted molar refractivity (Wildman–Crippen MR) is 73.6 cm³/mol. The smallest absolute Gasteiger partial charge is 0.267 e. The molecule has 7 heteroatoms. The number of hydrogen-bond donors (Lipinski definition) is 1. The van der Waals surface area contributed by atoms with Gasteiger partial charge in [0.1, 0.15) is 16.5 Å². The monoisotopic (exact) mass is 346 g/mol. The lowest BCUT2D eigenvalue weighted by Gasteiger charge is -2.06. The molecule has 0 spiro atoms. The zero-order valence-electron chi connectivity index (χ0n) is 10.1. The van der Waals surface area contributed by atoms with Gasteiger partial charge in [0.25, 0.3) is 5.91 Å². The van der Waals surface area contributed by atoms with Crippen molar-refractivity contribution in [2.75, 3.05) is 5.32 Å². The van der Waals surface area contributed by atoms with E-state index in [1.807, 2.05) is 0 Å². The highest BCUT2D eigenvalue weighted by molar-refractivity contribution is 9.10. The Morgan fingerprint density at radius 2 is 2.00 bits per heavy atom. The maximum absolute atomic E-state index is 13.6. The number of hydrogen-bond acceptors (Lipinski definition) is 3. The zero-order chi connectivity index (χ0) is 14.2. The second-order valence-corrected chi connectivity index (χ2v) is 5.91. The number of amides is 1. The Morgan fingerprint density at radius 1 is 1.32 bits per heavy atom. The van der Waals surface area contributed by atoms with Gasteiger partial charge in [-0.1, -0.05) is 0 Å². The molecule has 19 heavy (non-hydrogen) atoms. The van der Waals surface area contributed by atoms with Crippen LogP contribution in [0.15, 0.2) is 16.6 Å². The van der Waals surface area contributed by atoms with E-state index in [4.69, 9.17) is 0 Å². The molecule has 0 aliphatic carbocycles. The minimum Gasteiger partial charge on any atom is -0.319 e. The van der Waals surface area contributed by atoms with Crippen LogP contribution in [0.3, 0.4) is 0 Å². The summed E-state index contributed by atoms with van der Waals surface area (Å²) in [5.74, 6) is -1.85. The lowest BCUT2D eigenvalue weighted by Crippen LogP contribution is -2.13. The van der Waals surface area contributed by atoms with Gasteiger partial charge < -0.3 is 5.32 Å². The van der Waals surface area contributed by atoms with Crippen LogP contribution >= 0.6 is 27.3 Å². The molecule has 0 radical (unpaired) electrons. The standard InChI is InChI=1S/C12H9BrF2N2OS/c1-5-11(19-6(2)16-5)12(18)17-10-4-8(14)7(13)3-9(10)15/h3-4H,1-2H3,(H,17,18). The van der Waals surface area contributed by atoms with Crippen molar-refractivity contribution in [3.63, 3.8) is 0 Å². The van der Waals surface area contributed by atoms with Crippen LogP contribution in [0.1, 0.15) is 20.4 Å². The molecule has 100 valence electrons. The highest BCUT2D eigenvalue weighted by Gasteiger charge is 2.16. The maximum Gasteiger partial charge on any atom is 0.267 e. The Kier molecular flexibility index (Phi) is 3.96. The number of rotatable bonds is 2. The lowest BCUT2D eigenvalue weighted by molar-refractivity contribution is 0.102. The van der Waals surface area contributed by atoms with Crippen LogP contribution in [0.2, 0.25) is 0 Å². The van der Waals surface area contributed by atoms with E-state index in [2.05, 4.69) is 26.2 Å². The average Bonchev–Trinajstić information content (AvgIpc) is 2.65. The predicted octanol–water partition coefficient (Wildman–Crippen LogP) is 4.05. The van der Waals surface area contributed by atoms with Crippen molar-refractivity contribution in [1.29, 1.82) is 0 Å². The molecule has 0 unspecified atom stereocenters. The van der Waals surface area contributed by atoms with Gasteiger partial charge >= 0.3 is 0 Å². The molecule has 0 saturated carbocycles. The molecule has 2 rings (SSSR count). The van der Waals surface area contributed by atoms with Crippen molar-refractivity contribution < 1.29 is 13.6 Å². The fourth-order valence-corrected chi connectivity index (χ4v) is 2.67. The topological polar surface area (TPSA) is 42.0 Å². The van der Waals surface area contributed by atoms with Crippen LogP contribution in [0.25, 0.3) is 0 Å². The summed E-state index contributed by atoms with van der Waals surface area (Å²) in [5.41, 5.74) is 0.370. The molecule has 0 atom stereocenters. The molecule has 1 heterocycles. The highest BCUT2D eigenvalue weighted by Crippen LogP contribution is 2.25. The van der Waals surface area contributed by atoms with Gasteiger partial charge in [-0.3, -0.25) is 4.79 Å². The molecule has 0 aliphatic heterocycles. The summed E-state index contributed by atoms with van der Waals surface area (Å²) in [6, 6.07) is 1.90. The third-order valence-corrected chi connectivity index (χ3v) is 4.05. The molecular weight excluding hydrogens is 338 g/mol. The molecular formula is C12H9BrF2N2OS. The Hall–Kier alpha value is -1.34. The number of aryl methyl sites for hydroxylation is 2. The molecule has 2 aromatic rings. The van der Waals surface area contributed by atoms with Crippen molar-refractivity contribution in [3.8, 4) is 0 Å². The summed E-state index contributed by atoms with van der Waals surface area (Å²) in [7, 11) is 0. The third-order valence-electron chi connectivity index (χ3n) is 2.37. The number of halogens is 3. The Labute approximate surface area is 120 Å². The van der Waals surface area contributed by atoms with Crippen molar-refractivity contribution in [3.05, 3.63) is 43.8 Å². The van der Waals surface area contributed by atoms with Gasteiger partial charge in [-0.15, -0.1) is 11.3 Å². The first-order chi connectivity index (χ1) is 8.88. The van der Waals surface area contributed by atoms with Crippen LogP contribution < -0.4 is 5.32 Å². The van der Waals surface area contributed by atoms with Gasteiger partial charge in [0, 0.05) is 6.07 Å². The normalized spacial score (nSPS) is 10.6. The molecule has 1 N–H and O–H groups in total. The molecule has 0 fully saturated rings. The SMILES string of the molecule is Cc1nc(C)c(C(=O)Nc2cc(F)c(Br)cc2F)s1. The Bertz CT molecular complexity index is 657. The van der Waals surface area contributed by atoms with E-state index in [0.717, 1.165) is 17.1 Å². The number of carbonyl (C=O) groups is 1. The molecule has 1 aromatic heterocycles. The Morgan fingerprint density at radius 3 is 2.58 bits per heavy atom.